The van der Waals surface area contributed by atoms with Crippen molar-refractivity contribution in [3.8, 4) is 0 Å². The minimum Gasteiger partial charge on any atom is -0.309 e. The maximum Gasteiger partial charge on any atom is 0.247 e. The minimum atomic E-state index is -0.0190. The third kappa shape index (κ3) is 1.78. The molecule has 1 N–H and O–H groups in total. The van der Waals surface area contributed by atoms with E-state index in [1.807, 2.05) is 30.3 Å². The summed E-state index contributed by atoms with van der Waals surface area (Å²) in [6.07, 6.45) is 0. The summed E-state index contributed by atoms with van der Waals surface area (Å²) in [6, 6.07) is 9.64. The first-order valence-corrected chi connectivity index (χ1v) is 6.15. The number of hydrogen-bond donors (Lipinski definition) is 1. The molecule has 3 rings (SSSR count). The number of hydrogen-bond acceptors (Lipinski definition) is 2. The van der Waals surface area contributed by atoms with E-state index in [0.717, 1.165) is 22.1 Å². The fourth-order valence-electron chi connectivity index (χ4n) is 2.17. The number of nitrogens with one attached hydrogen (secondary N) is 1. The number of carbonyl (C=O) groups excluding carboxylic acids is 1. The summed E-state index contributed by atoms with van der Waals surface area (Å²) in [5, 5.41) is 7.94. The maximum absolute atomic E-state index is 11.2. The highest BCUT2D eigenvalue weighted by atomic mass is 35.5. The van der Waals surface area contributed by atoms with Crippen molar-refractivity contribution in [1.29, 1.82) is 0 Å². The lowest BCUT2D eigenvalue weighted by molar-refractivity contribution is -0.116. The molecule has 0 bridgehead atoms. The van der Waals surface area contributed by atoms with Gasteiger partial charge in [0, 0.05) is 17.0 Å². The van der Waals surface area contributed by atoms with Crippen LogP contribution >= 0.6 is 11.6 Å². The van der Waals surface area contributed by atoms with Crippen LogP contribution in [0.2, 0.25) is 5.02 Å². The highest BCUT2D eigenvalue weighted by molar-refractivity contribution is 6.31. The summed E-state index contributed by atoms with van der Waals surface area (Å²) >= 11 is 6.18. The van der Waals surface area contributed by atoms with Crippen molar-refractivity contribution in [3.05, 3.63) is 46.6 Å². The van der Waals surface area contributed by atoms with Gasteiger partial charge < -0.3 is 5.32 Å². The molecule has 0 fully saturated rings. The Bertz CT molecular complexity index is 595. The lowest BCUT2D eigenvalue weighted by Crippen LogP contribution is -2.08. The Labute approximate surface area is 110 Å². The van der Waals surface area contributed by atoms with Crippen molar-refractivity contribution >= 4 is 23.3 Å². The number of halogens is 1. The Balaban J connectivity index is 1.94. The molecule has 0 aliphatic carbocycles. The second-order valence-corrected chi connectivity index (χ2v) is 4.81. The van der Waals surface area contributed by atoms with Gasteiger partial charge in [-0.1, -0.05) is 36.7 Å². The molecule has 2 aromatic rings. The summed E-state index contributed by atoms with van der Waals surface area (Å²) in [7, 11) is 0. The van der Waals surface area contributed by atoms with Gasteiger partial charge in [-0.15, -0.1) is 0 Å². The third-order valence-electron chi connectivity index (χ3n) is 3.18. The van der Waals surface area contributed by atoms with Crippen molar-refractivity contribution in [2.45, 2.75) is 19.4 Å². The zero-order valence-electron chi connectivity index (χ0n) is 9.85. The van der Waals surface area contributed by atoms with Gasteiger partial charge >= 0.3 is 0 Å². The Morgan fingerprint density at radius 2 is 2.22 bits per heavy atom. The maximum atomic E-state index is 11.2. The SMILES string of the molecule is CC(c1cc2n(n1)CC(=O)N2)c1ccccc1Cl. The second-order valence-electron chi connectivity index (χ2n) is 4.40. The van der Waals surface area contributed by atoms with Gasteiger partial charge in [0.15, 0.2) is 0 Å². The largest absolute Gasteiger partial charge is 0.309 e. The molecule has 1 amide bonds. The average molecular weight is 262 g/mol. The minimum absolute atomic E-state index is 0.0190. The van der Waals surface area contributed by atoms with Crippen LogP contribution in [-0.4, -0.2) is 15.7 Å². The first-order chi connectivity index (χ1) is 8.65. The molecule has 18 heavy (non-hydrogen) atoms. The molecule has 92 valence electrons. The van der Waals surface area contributed by atoms with Crippen LogP contribution in [0, 0.1) is 0 Å². The molecule has 0 saturated heterocycles. The number of nitrogens with zero attached hydrogens (tertiary/aromatic N) is 2. The lowest BCUT2D eigenvalue weighted by Gasteiger charge is -2.10. The topological polar surface area (TPSA) is 46.9 Å². The fourth-order valence-corrected chi connectivity index (χ4v) is 2.47. The van der Waals surface area contributed by atoms with Crippen LogP contribution < -0.4 is 5.32 Å². The molecule has 1 aliphatic heterocycles. The Morgan fingerprint density at radius 1 is 1.44 bits per heavy atom. The molecule has 0 saturated carbocycles. The molecule has 5 heteroatoms. The van der Waals surface area contributed by atoms with Crippen molar-refractivity contribution in [2.24, 2.45) is 0 Å². The zero-order chi connectivity index (χ0) is 12.7. The highest BCUT2D eigenvalue weighted by Crippen LogP contribution is 2.31. The normalized spacial score (nSPS) is 15.3. The monoisotopic (exact) mass is 261 g/mol. The van der Waals surface area contributed by atoms with E-state index in [2.05, 4.69) is 17.3 Å². The van der Waals surface area contributed by atoms with E-state index in [0.29, 0.717) is 6.54 Å². The molecule has 1 aromatic carbocycles. The molecule has 4 nitrogen and oxygen atoms in total. The van der Waals surface area contributed by atoms with Crippen LogP contribution in [0.3, 0.4) is 0 Å². The van der Waals surface area contributed by atoms with Gasteiger partial charge in [0.05, 0.1) is 5.69 Å². The summed E-state index contributed by atoms with van der Waals surface area (Å²) in [5.74, 6) is 0.844. The Morgan fingerprint density at radius 3 is 2.94 bits per heavy atom. The molecule has 1 aliphatic rings. The van der Waals surface area contributed by atoms with Crippen molar-refractivity contribution in [3.63, 3.8) is 0 Å². The molecule has 2 heterocycles. The van der Waals surface area contributed by atoms with Crippen LogP contribution in [0.1, 0.15) is 24.1 Å². The zero-order valence-corrected chi connectivity index (χ0v) is 10.6. The smallest absolute Gasteiger partial charge is 0.247 e. The fraction of sp³-hybridized carbons (Fsp3) is 0.231. The summed E-state index contributed by atoms with van der Waals surface area (Å²) in [4.78, 5) is 11.2. The van der Waals surface area contributed by atoms with Crippen LogP contribution in [0.4, 0.5) is 5.82 Å². The van der Waals surface area contributed by atoms with Gasteiger partial charge in [0.2, 0.25) is 5.91 Å². The number of amides is 1. The van der Waals surface area contributed by atoms with E-state index in [1.165, 1.54) is 0 Å². The predicted molar refractivity (Wildman–Crippen MR) is 69.8 cm³/mol. The summed E-state index contributed by atoms with van der Waals surface area (Å²) in [5.41, 5.74) is 1.96. The molecule has 0 radical (unpaired) electrons. The van der Waals surface area contributed by atoms with Gasteiger partial charge in [0.1, 0.15) is 12.4 Å². The predicted octanol–water partition coefficient (Wildman–Crippen LogP) is 2.64. The van der Waals surface area contributed by atoms with E-state index in [-0.39, 0.29) is 11.8 Å². The number of fused-ring (bicyclic) bond motifs is 1. The van der Waals surface area contributed by atoms with Gasteiger partial charge in [-0.2, -0.15) is 5.10 Å². The second kappa shape index (κ2) is 4.14. The van der Waals surface area contributed by atoms with Gasteiger partial charge in [-0.05, 0) is 11.6 Å². The Kier molecular flexibility index (Phi) is 2.59. The molecule has 1 aromatic heterocycles. The van der Waals surface area contributed by atoms with Gasteiger partial charge in [-0.3, -0.25) is 4.79 Å². The van der Waals surface area contributed by atoms with Crippen LogP contribution in [-0.2, 0) is 11.3 Å². The highest BCUT2D eigenvalue weighted by Gasteiger charge is 2.22. The van der Waals surface area contributed by atoms with Crippen LogP contribution in [0.15, 0.2) is 30.3 Å². The summed E-state index contributed by atoms with van der Waals surface area (Å²) < 4.78 is 1.69. The Hall–Kier alpha value is -1.81. The number of aromatic nitrogens is 2. The number of anilines is 1. The molecular weight excluding hydrogens is 250 g/mol. The summed E-state index contributed by atoms with van der Waals surface area (Å²) in [6.45, 7) is 2.35. The van der Waals surface area contributed by atoms with E-state index in [1.54, 1.807) is 4.68 Å². The average Bonchev–Trinajstić information content (AvgIpc) is 2.85. The first kappa shape index (κ1) is 11.3. The van der Waals surface area contributed by atoms with E-state index in [4.69, 9.17) is 11.6 Å². The van der Waals surface area contributed by atoms with Crippen LogP contribution in [0.5, 0.6) is 0 Å². The van der Waals surface area contributed by atoms with Crippen molar-refractivity contribution in [1.82, 2.24) is 9.78 Å². The van der Waals surface area contributed by atoms with Gasteiger partial charge in [0.25, 0.3) is 0 Å². The standard InChI is InChI=1S/C13H12ClN3O/c1-8(9-4-2-3-5-10(9)14)11-6-12-15-13(18)7-17(12)16-11/h2-6,8H,7H2,1H3,(H,15,18). The van der Waals surface area contributed by atoms with Crippen molar-refractivity contribution < 1.29 is 4.79 Å². The number of carbonyl (C=O) groups is 1. The molecule has 1 atom stereocenters. The quantitative estimate of drug-likeness (QED) is 0.903. The van der Waals surface area contributed by atoms with E-state index in [9.17, 15) is 4.79 Å². The molecule has 1 unspecified atom stereocenters. The molecular formula is C13H12ClN3O. The third-order valence-corrected chi connectivity index (χ3v) is 3.52. The van der Waals surface area contributed by atoms with Gasteiger partial charge in [-0.25, -0.2) is 4.68 Å². The van der Waals surface area contributed by atoms with Crippen LogP contribution in [0.25, 0.3) is 0 Å². The van der Waals surface area contributed by atoms with E-state index < -0.39 is 0 Å². The first-order valence-electron chi connectivity index (χ1n) is 5.77. The van der Waals surface area contributed by atoms with Crippen molar-refractivity contribution in [2.75, 3.05) is 5.32 Å². The van der Waals surface area contributed by atoms with E-state index >= 15 is 0 Å². The molecule has 0 spiro atoms. The lowest BCUT2D eigenvalue weighted by atomic mass is 9.98. The number of rotatable bonds is 2. The number of benzene rings is 1.